The first-order valence-corrected chi connectivity index (χ1v) is 38.9. The molecule has 106 heavy (non-hydrogen) atoms. The minimum Gasteiger partial charge on any atom is -0.402 e. The molecule has 6 aromatic rings. The minimum atomic E-state index is -0.0187. The van der Waals surface area contributed by atoms with Gasteiger partial charge in [0.25, 0.3) is 0 Å². The first-order chi connectivity index (χ1) is 51.1. The molecule has 3 aromatic heterocycles. The summed E-state index contributed by atoms with van der Waals surface area (Å²) in [6, 6.07) is 30.2. The lowest BCUT2D eigenvalue weighted by Gasteiger charge is -2.40. The molecule has 0 radical (unpaired) electrons. The van der Waals surface area contributed by atoms with Crippen LogP contribution >= 0.6 is 35.3 Å². The van der Waals surface area contributed by atoms with Crippen LogP contribution in [0.2, 0.25) is 0 Å². The summed E-state index contributed by atoms with van der Waals surface area (Å²) in [7, 11) is 0. The zero-order valence-electron chi connectivity index (χ0n) is 62.0. The highest BCUT2D eigenvalue weighted by molar-refractivity contribution is 7.99. The average Bonchev–Trinajstić information content (AvgIpc) is 1.39. The van der Waals surface area contributed by atoms with E-state index in [1.807, 2.05) is 112 Å². The van der Waals surface area contributed by atoms with Crippen LogP contribution in [0.25, 0.3) is 0 Å². The van der Waals surface area contributed by atoms with Gasteiger partial charge >= 0.3 is 0 Å². The summed E-state index contributed by atoms with van der Waals surface area (Å²) in [6.07, 6.45) is 14.3. The van der Waals surface area contributed by atoms with E-state index in [1.54, 1.807) is 39.0 Å². The number of piperidine rings is 2. The topological polar surface area (TPSA) is 395 Å². The number of ether oxygens (including phenoxy) is 1. The second-order valence-electron chi connectivity index (χ2n) is 26.3. The van der Waals surface area contributed by atoms with Crippen molar-refractivity contribution in [2.75, 3.05) is 116 Å². The molecular weight excluding hydrogens is 1400 g/mol. The fourth-order valence-corrected chi connectivity index (χ4v) is 14.8. The third-order valence-electron chi connectivity index (χ3n) is 17.7. The van der Waals surface area contributed by atoms with Gasteiger partial charge in [0.05, 0.1) is 13.2 Å². The Hall–Kier alpha value is -9.37. The van der Waals surface area contributed by atoms with E-state index >= 15 is 0 Å². The van der Waals surface area contributed by atoms with Crippen molar-refractivity contribution in [3.8, 4) is 0 Å². The van der Waals surface area contributed by atoms with Crippen LogP contribution in [0.3, 0.4) is 0 Å². The van der Waals surface area contributed by atoms with Gasteiger partial charge in [0, 0.05) is 172 Å². The Morgan fingerprint density at radius 3 is 1.10 bits per heavy atom. The summed E-state index contributed by atoms with van der Waals surface area (Å²) in [5.74, 6) is 4.84. The molecule has 3 aromatic carbocycles. The maximum Gasteiger partial charge on any atom is 0.224 e. The number of amides is 3. The first kappa shape index (κ1) is 80.7. The molecule has 3 amide bonds. The lowest BCUT2D eigenvalue weighted by Crippen LogP contribution is -2.49. The van der Waals surface area contributed by atoms with Gasteiger partial charge in [0.2, 0.25) is 17.7 Å². The summed E-state index contributed by atoms with van der Waals surface area (Å²) in [6.45, 7) is 25.4. The molecular formula is C75H126N24O4S3. The molecule has 588 valence electrons. The first-order valence-electron chi connectivity index (χ1n) is 36.4. The number of nitrogens with two attached hydrogens (primary N) is 6. The Balaban J connectivity index is -0.00000159. The van der Waals surface area contributed by atoms with Crippen LogP contribution in [0.5, 0.6) is 0 Å². The molecule has 31 heteroatoms. The fraction of sp³-hybridized carbons (Fsp3) is 0.440. The van der Waals surface area contributed by atoms with Gasteiger partial charge in [0.1, 0.15) is 35.0 Å². The number of likely N-dealkylation sites (tertiary alicyclic amines) is 1. The Morgan fingerprint density at radius 2 is 0.783 bits per heavy atom. The van der Waals surface area contributed by atoms with E-state index in [9.17, 15) is 14.4 Å². The number of rotatable bonds is 25. The maximum absolute atomic E-state index is 11.7. The van der Waals surface area contributed by atoms with Crippen LogP contribution in [0.1, 0.15) is 128 Å². The predicted molar refractivity (Wildman–Crippen MR) is 453 cm³/mol. The molecule has 1 atom stereocenters. The lowest BCUT2D eigenvalue weighted by molar-refractivity contribution is -0.116. The highest BCUT2D eigenvalue weighted by atomic mass is 32.2. The van der Waals surface area contributed by atoms with Crippen molar-refractivity contribution in [1.29, 1.82) is 0 Å². The van der Waals surface area contributed by atoms with E-state index in [0.717, 1.165) is 153 Å². The van der Waals surface area contributed by atoms with Crippen LogP contribution in [0.15, 0.2) is 171 Å². The molecule has 5 saturated heterocycles. The van der Waals surface area contributed by atoms with E-state index in [0.29, 0.717) is 105 Å². The number of nitrogens with one attached hydrogen (secondary N) is 4. The Labute approximate surface area is 651 Å². The molecule has 0 aliphatic carbocycles. The molecule has 5 fully saturated rings. The SMILES string of the molecule is CCC(=O)Nc1ccc(Sc2nc(N=C(N)C=C(C)N)cc(N3CCC(N4CCCC4)CC3)n2)cc1.CCC(=O)Nc1ccc(Sc2nc(N=C(N)C=C(C)N)cc(N3CCC(N4CCOCC4)CC3)n2)cc1.CCN[C@H]1CCN(c2cc(N=C(N)C=C(C)N)nc(Sc3ccc(NC(=O)CC)cc3)n2)C1.[HH].[HH].[HH].[HH].[HH].[HH].[HH].[HH].[HH].[HH].[HH]. The van der Waals surface area contributed by atoms with Crippen molar-refractivity contribution in [2.45, 2.75) is 161 Å². The quantitative estimate of drug-likeness (QED) is 0.0145. The molecule has 16 N–H and O–H groups in total. The summed E-state index contributed by atoms with van der Waals surface area (Å²) in [4.78, 5) is 91.6. The number of carbonyl (C=O) groups is 3. The van der Waals surface area contributed by atoms with Gasteiger partial charge in [-0.3, -0.25) is 19.3 Å². The Morgan fingerprint density at radius 1 is 0.462 bits per heavy atom. The Kier molecular flexibility index (Phi) is 31.2. The van der Waals surface area contributed by atoms with E-state index in [-0.39, 0.29) is 33.4 Å². The normalized spacial score (nSPS) is 17.7. The van der Waals surface area contributed by atoms with Crippen molar-refractivity contribution in [1.82, 2.24) is 45.0 Å². The van der Waals surface area contributed by atoms with Crippen LogP contribution in [-0.4, -0.2) is 178 Å². The van der Waals surface area contributed by atoms with Crippen molar-refractivity contribution in [3.63, 3.8) is 0 Å². The van der Waals surface area contributed by atoms with Gasteiger partial charge in [-0.15, -0.1) is 0 Å². The third-order valence-corrected chi connectivity index (χ3v) is 20.3. The highest BCUT2D eigenvalue weighted by Gasteiger charge is 2.30. The van der Waals surface area contributed by atoms with Crippen molar-refractivity contribution in [2.24, 2.45) is 49.4 Å². The van der Waals surface area contributed by atoms with Crippen molar-refractivity contribution >= 4 is 122 Å². The number of benzene rings is 3. The average molecular weight is 1520 g/mol. The summed E-state index contributed by atoms with van der Waals surface area (Å²) >= 11 is 4.33. The summed E-state index contributed by atoms with van der Waals surface area (Å²) < 4.78 is 5.52. The summed E-state index contributed by atoms with van der Waals surface area (Å²) in [5, 5.41) is 13.8. The zero-order chi connectivity index (χ0) is 75.5. The molecule has 0 saturated carbocycles. The van der Waals surface area contributed by atoms with E-state index in [2.05, 4.69) is 82.6 Å². The number of aromatic nitrogens is 6. The standard InChI is InChI=1S/C26H36N8O2S.C26H36N8OS.C23H32N8OS.11H2/c1-3-25(35)29-19-4-6-21(7-5-19)37-26-31-23(30-22(28)16-18(2)27)17-24(32-26)34-10-8-20(9-11-34)33-12-14-36-15-13-33;1-3-25(35)29-19-6-8-21(9-7-19)36-26-31-23(30-22(28)16-18(2)27)17-24(32-26)34-14-10-20(11-15-34)33-12-4-5-13-33;1-4-22(32)27-16-6-8-18(9-7-16)33-23-29-20(28-19(25)12-15(3)24)13-21(30-23)31-11-10-17(14-31)26-5-2;;;;;;;;;;;/h4-7,16-17,20H,3,8-15,27H2,1-2H3,(H,29,35)(H2,28,30,31,32);6-9,16-17,20H,3-5,10-15,27H2,1-2H3,(H,29,35)(H2,28,30,31,32);6-9,12-13,17,26H,4-5,10-11,14,24H2,1-3H3,(H,27,32)(H2,25,28,29,30);11*1H/t;;17-;;;;;;;;;;;/m..0.........../s1. The number of morpholine rings is 1. The molecule has 11 rings (SSSR count). The lowest BCUT2D eigenvalue weighted by atomic mass is 10.0. The number of hydrogen-bond acceptors (Lipinski definition) is 25. The second kappa shape index (κ2) is 40.9. The van der Waals surface area contributed by atoms with E-state index < -0.39 is 0 Å². The molecule has 0 unspecified atom stereocenters. The van der Waals surface area contributed by atoms with E-state index in [4.69, 9.17) is 54.1 Å². The zero-order valence-corrected chi connectivity index (χ0v) is 64.4. The predicted octanol–water partition coefficient (Wildman–Crippen LogP) is 12.7. The molecule has 0 spiro atoms. The molecule has 28 nitrogen and oxygen atoms in total. The molecule has 0 bridgehead atoms. The van der Waals surface area contributed by atoms with Crippen LogP contribution in [-0.2, 0) is 19.1 Å². The monoisotopic (exact) mass is 1520 g/mol. The summed E-state index contributed by atoms with van der Waals surface area (Å²) in [5.41, 5.74) is 39.4. The highest BCUT2D eigenvalue weighted by Crippen LogP contribution is 2.36. The van der Waals surface area contributed by atoms with Gasteiger partial charge in [-0.2, -0.15) is 0 Å². The van der Waals surface area contributed by atoms with Gasteiger partial charge < -0.3 is 80.0 Å². The van der Waals surface area contributed by atoms with Crippen molar-refractivity contribution in [3.05, 3.63) is 126 Å². The minimum absolute atomic E-state index is 0. The largest absolute Gasteiger partial charge is 0.402 e. The third kappa shape index (κ3) is 26.3. The molecule has 5 aliphatic heterocycles. The second-order valence-corrected chi connectivity index (χ2v) is 29.4. The number of nitrogens with zero attached hydrogens (tertiary/aromatic N) is 14. The van der Waals surface area contributed by atoms with Crippen LogP contribution in [0.4, 0.5) is 52.0 Å². The number of anilines is 6. The molecule has 5 aliphatic rings. The maximum atomic E-state index is 11.7. The van der Waals surface area contributed by atoms with Crippen molar-refractivity contribution < 1.29 is 34.8 Å². The number of amidine groups is 3. The molecule has 8 heterocycles. The van der Waals surface area contributed by atoms with E-state index in [1.165, 1.54) is 61.2 Å². The van der Waals surface area contributed by atoms with Gasteiger partial charge in [-0.05, 0) is 212 Å². The number of allylic oxidation sites excluding steroid dienone is 3. The van der Waals surface area contributed by atoms with Crippen LogP contribution in [0, 0.1) is 0 Å². The fourth-order valence-electron chi connectivity index (χ4n) is 12.5. The Bertz CT molecular complexity index is 4120. The number of carbonyl (C=O) groups excluding carboxylic acids is 3. The number of likely N-dealkylation sites (N-methyl/N-ethyl adjacent to an activating group) is 1. The number of hydrogen-bond donors (Lipinski definition) is 10. The van der Waals surface area contributed by atoms with Gasteiger partial charge in [-0.25, -0.2) is 44.9 Å². The van der Waals surface area contributed by atoms with Gasteiger partial charge in [0.15, 0.2) is 32.9 Å². The van der Waals surface area contributed by atoms with Gasteiger partial charge in [-0.1, -0.05) is 27.7 Å². The number of aliphatic imine (C=N–C) groups is 3. The van der Waals surface area contributed by atoms with Crippen LogP contribution < -0.4 is 70.4 Å². The smallest absolute Gasteiger partial charge is 0.224 e.